The standard InChI is InChI=1S/C15H31NO/c1-4-6-14-7-10-16(11-8-14)12-15(3,13-17)9-5-2/h14,17H,4-13H2,1-3H3. The van der Waals surface area contributed by atoms with E-state index in [0.717, 1.165) is 18.9 Å². The quantitative estimate of drug-likeness (QED) is 0.739. The van der Waals surface area contributed by atoms with Gasteiger partial charge in [0, 0.05) is 18.6 Å². The van der Waals surface area contributed by atoms with Crippen LogP contribution in [0.15, 0.2) is 0 Å². The Labute approximate surface area is 107 Å². The molecule has 17 heavy (non-hydrogen) atoms. The maximum absolute atomic E-state index is 9.56. The maximum Gasteiger partial charge on any atom is 0.0497 e. The third kappa shape index (κ3) is 4.97. The van der Waals surface area contributed by atoms with Crippen LogP contribution in [0.5, 0.6) is 0 Å². The van der Waals surface area contributed by atoms with Crippen LogP contribution in [0, 0.1) is 11.3 Å². The molecule has 1 atom stereocenters. The van der Waals surface area contributed by atoms with E-state index in [1.54, 1.807) is 0 Å². The van der Waals surface area contributed by atoms with Gasteiger partial charge < -0.3 is 10.0 Å². The maximum atomic E-state index is 9.56. The summed E-state index contributed by atoms with van der Waals surface area (Å²) >= 11 is 0. The van der Waals surface area contributed by atoms with E-state index in [1.807, 2.05) is 0 Å². The minimum atomic E-state index is 0.117. The lowest BCUT2D eigenvalue weighted by molar-refractivity contribution is 0.0615. The highest BCUT2D eigenvalue weighted by Crippen LogP contribution is 2.28. The van der Waals surface area contributed by atoms with Crippen LogP contribution < -0.4 is 0 Å². The van der Waals surface area contributed by atoms with E-state index in [1.165, 1.54) is 45.2 Å². The lowest BCUT2D eigenvalue weighted by atomic mass is 9.84. The van der Waals surface area contributed by atoms with Gasteiger partial charge in [0.05, 0.1) is 0 Å². The summed E-state index contributed by atoms with van der Waals surface area (Å²) in [4.78, 5) is 2.57. The molecule has 102 valence electrons. The van der Waals surface area contributed by atoms with Crippen molar-refractivity contribution >= 4 is 0 Å². The second-order valence-corrected chi connectivity index (χ2v) is 6.23. The van der Waals surface area contributed by atoms with Gasteiger partial charge in [-0.05, 0) is 38.3 Å². The highest BCUT2D eigenvalue weighted by Gasteiger charge is 2.27. The monoisotopic (exact) mass is 241 g/mol. The summed E-state index contributed by atoms with van der Waals surface area (Å²) in [5.74, 6) is 0.961. The van der Waals surface area contributed by atoms with Crippen molar-refractivity contribution in [3.8, 4) is 0 Å². The third-order valence-electron chi connectivity index (χ3n) is 4.24. The van der Waals surface area contributed by atoms with Gasteiger partial charge in [-0.25, -0.2) is 0 Å². The van der Waals surface area contributed by atoms with Crippen LogP contribution in [-0.4, -0.2) is 36.2 Å². The van der Waals surface area contributed by atoms with E-state index in [-0.39, 0.29) is 5.41 Å². The molecule has 2 heteroatoms. The molecule has 1 rings (SSSR count). The smallest absolute Gasteiger partial charge is 0.0497 e. The number of likely N-dealkylation sites (tertiary alicyclic amines) is 1. The molecular formula is C15H31NO. The van der Waals surface area contributed by atoms with Crippen LogP contribution >= 0.6 is 0 Å². The summed E-state index contributed by atoms with van der Waals surface area (Å²) in [6.45, 7) is 10.6. The number of aliphatic hydroxyl groups is 1. The van der Waals surface area contributed by atoms with Crippen LogP contribution in [0.25, 0.3) is 0 Å². The Balaban J connectivity index is 2.33. The predicted octanol–water partition coefficient (Wildman–Crippen LogP) is 3.30. The lowest BCUT2D eigenvalue weighted by Gasteiger charge is -2.38. The predicted molar refractivity (Wildman–Crippen MR) is 74.2 cm³/mol. The molecule has 1 N–H and O–H groups in total. The van der Waals surface area contributed by atoms with Crippen molar-refractivity contribution in [2.75, 3.05) is 26.2 Å². The van der Waals surface area contributed by atoms with Crippen molar-refractivity contribution in [3.05, 3.63) is 0 Å². The molecule has 0 aromatic rings. The molecule has 1 unspecified atom stereocenters. The van der Waals surface area contributed by atoms with Crippen molar-refractivity contribution in [2.24, 2.45) is 11.3 Å². The van der Waals surface area contributed by atoms with Gasteiger partial charge >= 0.3 is 0 Å². The van der Waals surface area contributed by atoms with Crippen LogP contribution in [0.1, 0.15) is 59.3 Å². The normalized spacial score (nSPS) is 22.6. The molecule has 0 radical (unpaired) electrons. The van der Waals surface area contributed by atoms with Crippen molar-refractivity contribution in [1.82, 2.24) is 4.90 Å². The van der Waals surface area contributed by atoms with Crippen molar-refractivity contribution in [2.45, 2.75) is 59.3 Å². The van der Waals surface area contributed by atoms with Gasteiger partial charge in [0.2, 0.25) is 0 Å². The summed E-state index contributed by atoms with van der Waals surface area (Å²) < 4.78 is 0. The first kappa shape index (κ1) is 15.0. The molecule has 1 aliphatic heterocycles. The van der Waals surface area contributed by atoms with E-state index in [4.69, 9.17) is 0 Å². The van der Waals surface area contributed by atoms with E-state index in [2.05, 4.69) is 25.7 Å². The number of piperidine rings is 1. The molecule has 0 aromatic carbocycles. The summed E-state index contributed by atoms with van der Waals surface area (Å²) in [6.07, 6.45) is 7.76. The fourth-order valence-corrected chi connectivity index (χ4v) is 3.19. The fourth-order valence-electron chi connectivity index (χ4n) is 3.19. The second-order valence-electron chi connectivity index (χ2n) is 6.23. The Hall–Kier alpha value is -0.0800. The second kappa shape index (κ2) is 7.38. The zero-order chi connectivity index (χ0) is 12.7. The minimum absolute atomic E-state index is 0.117. The first-order valence-electron chi connectivity index (χ1n) is 7.46. The van der Waals surface area contributed by atoms with Crippen LogP contribution in [0.4, 0.5) is 0 Å². The molecule has 1 aliphatic rings. The van der Waals surface area contributed by atoms with E-state index < -0.39 is 0 Å². The van der Waals surface area contributed by atoms with Crippen LogP contribution in [0.3, 0.4) is 0 Å². The molecule has 1 fully saturated rings. The van der Waals surface area contributed by atoms with Gasteiger partial charge in [0.1, 0.15) is 0 Å². The van der Waals surface area contributed by atoms with Gasteiger partial charge in [-0.3, -0.25) is 0 Å². The minimum Gasteiger partial charge on any atom is -0.396 e. The molecule has 2 nitrogen and oxygen atoms in total. The summed E-state index contributed by atoms with van der Waals surface area (Å²) in [7, 11) is 0. The Morgan fingerprint density at radius 2 is 1.82 bits per heavy atom. The Kier molecular flexibility index (Phi) is 6.50. The zero-order valence-electron chi connectivity index (χ0n) is 12.0. The summed E-state index contributed by atoms with van der Waals surface area (Å²) in [6, 6.07) is 0. The largest absolute Gasteiger partial charge is 0.396 e. The van der Waals surface area contributed by atoms with Crippen molar-refractivity contribution in [3.63, 3.8) is 0 Å². The molecule has 0 bridgehead atoms. The van der Waals surface area contributed by atoms with Crippen LogP contribution in [-0.2, 0) is 0 Å². The molecule has 0 aliphatic carbocycles. The molecule has 0 aromatic heterocycles. The molecule has 0 saturated carbocycles. The van der Waals surface area contributed by atoms with Gasteiger partial charge in [0.25, 0.3) is 0 Å². The zero-order valence-corrected chi connectivity index (χ0v) is 12.0. The van der Waals surface area contributed by atoms with Gasteiger partial charge in [0.15, 0.2) is 0 Å². The summed E-state index contributed by atoms with van der Waals surface area (Å²) in [5.41, 5.74) is 0.117. The van der Waals surface area contributed by atoms with E-state index >= 15 is 0 Å². The highest BCUT2D eigenvalue weighted by molar-refractivity contribution is 4.80. The van der Waals surface area contributed by atoms with Gasteiger partial charge in [-0.1, -0.05) is 40.0 Å². The fraction of sp³-hybridized carbons (Fsp3) is 1.00. The lowest BCUT2D eigenvalue weighted by Crippen LogP contribution is -2.42. The topological polar surface area (TPSA) is 23.5 Å². The Morgan fingerprint density at radius 3 is 2.29 bits per heavy atom. The van der Waals surface area contributed by atoms with Crippen molar-refractivity contribution < 1.29 is 5.11 Å². The van der Waals surface area contributed by atoms with Gasteiger partial charge in [-0.2, -0.15) is 0 Å². The van der Waals surface area contributed by atoms with E-state index in [9.17, 15) is 5.11 Å². The number of aliphatic hydroxyl groups excluding tert-OH is 1. The van der Waals surface area contributed by atoms with Crippen molar-refractivity contribution in [1.29, 1.82) is 0 Å². The van der Waals surface area contributed by atoms with Crippen LogP contribution in [0.2, 0.25) is 0 Å². The van der Waals surface area contributed by atoms with Gasteiger partial charge in [-0.15, -0.1) is 0 Å². The van der Waals surface area contributed by atoms with E-state index in [0.29, 0.717) is 6.61 Å². The molecule has 1 heterocycles. The third-order valence-corrected chi connectivity index (χ3v) is 4.24. The average Bonchev–Trinajstić information content (AvgIpc) is 2.32. The SMILES string of the molecule is CCCC1CCN(CC(C)(CO)CCC)CC1. The number of hydrogen-bond acceptors (Lipinski definition) is 2. The number of nitrogens with zero attached hydrogens (tertiary/aromatic N) is 1. The average molecular weight is 241 g/mol. The molecular weight excluding hydrogens is 210 g/mol. The Bertz CT molecular complexity index is 199. The number of rotatable bonds is 7. The summed E-state index contributed by atoms with van der Waals surface area (Å²) in [5, 5.41) is 9.56. The molecule has 0 spiro atoms. The number of hydrogen-bond donors (Lipinski definition) is 1. The Morgan fingerprint density at radius 1 is 1.18 bits per heavy atom. The molecule has 1 saturated heterocycles. The highest BCUT2D eigenvalue weighted by atomic mass is 16.3. The molecule has 0 amide bonds. The first-order chi connectivity index (χ1) is 8.13. The first-order valence-corrected chi connectivity index (χ1v) is 7.46.